The van der Waals surface area contributed by atoms with Gasteiger partial charge in [0.05, 0.1) is 0 Å². The lowest BCUT2D eigenvalue weighted by Crippen LogP contribution is -1.74. The van der Waals surface area contributed by atoms with E-state index in [0.29, 0.717) is 5.56 Å². The fraction of sp³-hybridized carbons (Fsp3) is 0. The quantitative estimate of drug-likeness (QED) is 0.691. The summed E-state index contributed by atoms with van der Waals surface area (Å²) < 4.78 is 13.6. The van der Waals surface area contributed by atoms with Crippen LogP contribution in [0.1, 0.15) is 5.56 Å². The van der Waals surface area contributed by atoms with Gasteiger partial charge in [0.2, 0.25) is 0 Å². The van der Waals surface area contributed by atoms with Crippen LogP contribution >= 0.6 is 27.5 Å². The highest BCUT2D eigenvalue weighted by atomic mass is 79.9. The van der Waals surface area contributed by atoms with Crippen LogP contribution in [0.25, 0.3) is 5.83 Å². The molecule has 0 saturated heterocycles. The minimum absolute atomic E-state index is 0.417. The van der Waals surface area contributed by atoms with Gasteiger partial charge in [0.1, 0.15) is 5.83 Å². The van der Waals surface area contributed by atoms with Crippen molar-refractivity contribution < 1.29 is 4.39 Å². The molecule has 0 aliphatic rings. The second-order valence-corrected chi connectivity index (χ2v) is 3.10. The molecule has 3 heteroatoms. The first-order valence-corrected chi connectivity index (χ1v) is 4.19. The van der Waals surface area contributed by atoms with Crippen LogP contribution in [-0.4, -0.2) is 0 Å². The van der Waals surface area contributed by atoms with Gasteiger partial charge < -0.3 is 0 Å². The Morgan fingerprint density at radius 2 is 1.91 bits per heavy atom. The summed E-state index contributed by atoms with van der Waals surface area (Å²) in [5, 5.41) is 0. The molecule has 0 fully saturated rings. The van der Waals surface area contributed by atoms with Crippen molar-refractivity contribution in [1.29, 1.82) is 0 Å². The average Bonchev–Trinajstić information content (AvgIpc) is 2.05. The maximum absolute atomic E-state index is 12.7. The zero-order valence-corrected chi connectivity index (χ0v) is 7.86. The molecule has 0 radical (unpaired) electrons. The highest BCUT2D eigenvalue weighted by Crippen LogP contribution is 2.19. The van der Waals surface area contributed by atoms with E-state index in [1.54, 1.807) is 24.3 Å². The lowest BCUT2D eigenvalue weighted by molar-refractivity contribution is 0.762. The molecule has 0 nitrogen and oxygen atoms in total. The molecular formula is C8H5BrClF. The van der Waals surface area contributed by atoms with Gasteiger partial charge in [-0.15, -0.1) is 0 Å². The topological polar surface area (TPSA) is 0 Å². The van der Waals surface area contributed by atoms with E-state index in [2.05, 4.69) is 15.9 Å². The van der Waals surface area contributed by atoms with E-state index in [4.69, 9.17) is 11.6 Å². The van der Waals surface area contributed by atoms with Crippen molar-refractivity contribution in [2.75, 3.05) is 0 Å². The summed E-state index contributed by atoms with van der Waals surface area (Å²) in [5.74, 6) is -0.417. The molecule has 1 aromatic carbocycles. The van der Waals surface area contributed by atoms with Crippen LogP contribution in [0.2, 0.25) is 0 Å². The van der Waals surface area contributed by atoms with Crippen molar-refractivity contribution in [1.82, 2.24) is 0 Å². The van der Waals surface area contributed by atoms with Crippen molar-refractivity contribution in [3.8, 4) is 0 Å². The van der Waals surface area contributed by atoms with E-state index in [9.17, 15) is 4.39 Å². The van der Waals surface area contributed by atoms with Gasteiger partial charge in [-0.25, -0.2) is 4.39 Å². The van der Waals surface area contributed by atoms with Crippen LogP contribution in [0.15, 0.2) is 34.3 Å². The summed E-state index contributed by atoms with van der Waals surface area (Å²) in [5.41, 5.74) is 1.41. The van der Waals surface area contributed by atoms with Crippen LogP contribution in [-0.2, 0) is 0 Å². The largest absolute Gasteiger partial charge is 0.205 e. The van der Waals surface area contributed by atoms with Gasteiger partial charge in [0.15, 0.2) is 0 Å². The van der Waals surface area contributed by atoms with Crippen molar-refractivity contribution in [3.63, 3.8) is 0 Å². The number of hydrogen-bond donors (Lipinski definition) is 0. The predicted octanol–water partition coefficient (Wildman–Crippen LogP) is 3.96. The number of rotatable bonds is 1. The van der Waals surface area contributed by atoms with Gasteiger partial charge in [0, 0.05) is 15.6 Å². The molecule has 0 saturated carbocycles. The Balaban J connectivity index is 2.99. The van der Waals surface area contributed by atoms with E-state index >= 15 is 0 Å². The van der Waals surface area contributed by atoms with Crippen molar-refractivity contribution in [2.24, 2.45) is 0 Å². The summed E-state index contributed by atoms with van der Waals surface area (Å²) in [6, 6.07) is 6.82. The van der Waals surface area contributed by atoms with Gasteiger partial charge in [0.25, 0.3) is 0 Å². The summed E-state index contributed by atoms with van der Waals surface area (Å²) in [6.45, 7) is 0. The number of halogens is 3. The molecule has 0 amide bonds. The molecule has 0 spiro atoms. The second kappa shape index (κ2) is 3.88. The monoisotopic (exact) mass is 234 g/mol. The van der Waals surface area contributed by atoms with E-state index in [1.807, 2.05) is 0 Å². The molecule has 1 aromatic rings. The molecule has 0 bridgehead atoms. The van der Waals surface area contributed by atoms with Gasteiger partial charge in [-0.1, -0.05) is 39.7 Å². The first-order chi connectivity index (χ1) is 5.24. The minimum atomic E-state index is -0.417. The molecule has 0 unspecified atom stereocenters. The molecule has 0 aliphatic carbocycles. The molecule has 1 rings (SSSR count). The first kappa shape index (κ1) is 8.75. The van der Waals surface area contributed by atoms with Crippen molar-refractivity contribution >= 4 is 33.4 Å². The minimum Gasteiger partial charge on any atom is -0.205 e. The van der Waals surface area contributed by atoms with Gasteiger partial charge in [-0.3, -0.25) is 0 Å². The smallest absolute Gasteiger partial charge is 0.141 e. The highest BCUT2D eigenvalue weighted by Gasteiger charge is 1.97. The number of benzene rings is 1. The molecule has 0 atom stereocenters. The van der Waals surface area contributed by atoms with E-state index in [-0.39, 0.29) is 0 Å². The van der Waals surface area contributed by atoms with Crippen LogP contribution in [0.3, 0.4) is 0 Å². The maximum atomic E-state index is 12.7. The van der Waals surface area contributed by atoms with Crippen molar-refractivity contribution in [2.45, 2.75) is 0 Å². The third-order valence-electron chi connectivity index (χ3n) is 1.22. The lowest BCUT2D eigenvalue weighted by Gasteiger charge is -1.95. The summed E-state index contributed by atoms with van der Waals surface area (Å²) in [6.07, 6.45) is 0. The van der Waals surface area contributed by atoms with Gasteiger partial charge in [-0.05, 0) is 12.1 Å². The zero-order chi connectivity index (χ0) is 8.27. The Labute approximate surface area is 77.8 Å². The van der Waals surface area contributed by atoms with Crippen LogP contribution in [0.5, 0.6) is 0 Å². The predicted molar refractivity (Wildman–Crippen MR) is 49.1 cm³/mol. The molecular weight excluding hydrogens is 230 g/mol. The third kappa shape index (κ3) is 2.31. The molecule has 0 aromatic heterocycles. The Kier molecular flexibility index (Phi) is 3.09. The average molecular weight is 235 g/mol. The van der Waals surface area contributed by atoms with E-state index < -0.39 is 5.83 Å². The second-order valence-electron chi connectivity index (χ2n) is 1.96. The Morgan fingerprint density at radius 3 is 2.36 bits per heavy atom. The van der Waals surface area contributed by atoms with Crippen LogP contribution in [0, 0.1) is 0 Å². The molecule has 58 valence electrons. The molecule has 0 aliphatic heterocycles. The molecule has 0 N–H and O–H groups in total. The lowest BCUT2D eigenvalue weighted by atomic mass is 10.2. The zero-order valence-electron chi connectivity index (χ0n) is 5.52. The van der Waals surface area contributed by atoms with Gasteiger partial charge >= 0.3 is 0 Å². The fourth-order valence-corrected chi connectivity index (χ4v) is 1.06. The van der Waals surface area contributed by atoms with E-state index in [1.165, 1.54) is 0 Å². The summed E-state index contributed by atoms with van der Waals surface area (Å²) >= 11 is 8.42. The molecule has 11 heavy (non-hydrogen) atoms. The fourth-order valence-electron chi connectivity index (χ4n) is 0.672. The maximum Gasteiger partial charge on any atom is 0.141 e. The number of hydrogen-bond acceptors (Lipinski definition) is 0. The summed E-state index contributed by atoms with van der Waals surface area (Å²) in [7, 11) is 0. The molecule has 0 heterocycles. The standard InChI is InChI=1S/C8H5BrClF/c9-7-3-1-6(2-4-7)8(11)5-10/h1-5H/b8-5-. The first-order valence-electron chi connectivity index (χ1n) is 2.96. The third-order valence-corrected chi connectivity index (χ3v) is 1.94. The van der Waals surface area contributed by atoms with Gasteiger partial charge in [-0.2, -0.15) is 0 Å². The van der Waals surface area contributed by atoms with Crippen LogP contribution < -0.4 is 0 Å². The Hall–Kier alpha value is -0.340. The normalized spacial score (nSPS) is 11.7. The Bertz CT molecular complexity index is 266. The summed E-state index contributed by atoms with van der Waals surface area (Å²) in [4.78, 5) is 0. The van der Waals surface area contributed by atoms with Crippen molar-refractivity contribution in [3.05, 3.63) is 39.8 Å². The SMILES string of the molecule is F/C(=C\Cl)c1ccc(Br)cc1. The van der Waals surface area contributed by atoms with Crippen LogP contribution in [0.4, 0.5) is 4.39 Å². The highest BCUT2D eigenvalue weighted by molar-refractivity contribution is 9.10. The Morgan fingerprint density at radius 1 is 1.36 bits per heavy atom. The van der Waals surface area contributed by atoms with E-state index in [0.717, 1.165) is 10.0 Å².